The molecule has 1 aliphatic rings. The number of amidine groups is 1. The van der Waals surface area contributed by atoms with Crippen molar-refractivity contribution in [3.8, 4) is 11.5 Å². The molecule has 1 saturated heterocycles. The van der Waals surface area contributed by atoms with Crippen LogP contribution in [0, 0.1) is 0 Å². The first-order valence-corrected chi connectivity index (χ1v) is 13.4. The molecule has 13 heteroatoms. The van der Waals surface area contributed by atoms with Gasteiger partial charge in [-0.25, -0.2) is 9.79 Å². The SMILES string of the molecule is COc1ccc(CCN2C(=O)CC(C(=O)Nc3ccc(C(=O)O)cc3)SC2=Nc2cccc(C(F)(F)F)c2)cc1OC. The fourth-order valence-electron chi connectivity index (χ4n) is 4.12. The maximum atomic E-state index is 13.3. The molecule has 42 heavy (non-hydrogen) atoms. The Morgan fingerprint density at radius 2 is 1.76 bits per heavy atom. The molecule has 4 rings (SSSR count). The first kappa shape index (κ1) is 30.4. The highest BCUT2D eigenvalue weighted by Gasteiger charge is 2.36. The molecule has 0 bridgehead atoms. The second kappa shape index (κ2) is 13.0. The number of halogens is 3. The third-order valence-corrected chi connectivity index (χ3v) is 7.49. The predicted molar refractivity (Wildman–Crippen MR) is 152 cm³/mol. The zero-order valence-corrected chi connectivity index (χ0v) is 23.3. The monoisotopic (exact) mass is 601 g/mol. The summed E-state index contributed by atoms with van der Waals surface area (Å²) in [5.74, 6) is -1.05. The predicted octanol–water partition coefficient (Wildman–Crippen LogP) is 5.62. The third-order valence-electron chi connectivity index (χ3n) is 6.30. The highest BCUT2D eigenvalue weighted by Crippen LogP contribution is 2.34. The van der Waals surface area contributed by atoms with E-state index in [4.69, 9.17) is 14.6 Å². The van der Waals surface area contributed by atoms with Crippen LogP contribution in [0.3, 0.4) is 0 Å². The normalized spacial score (nSPS) is 16.3. The fraction of sp³-hybridized carbons (Fsp3) is 0.241. The molecule has 0 radical (unpaired) electrons. The molecular weight excluding hydrogens is 575 g/mol. The Bertz CT molecular complexity index is 1510. The van der Waals surface area contributed by atoms with E-state index in [1.54, 1.807) is 18.2 Å². The van der Waals surface area contributed by atoms with E-state index in [1.807, 2.05) is 0 Å². The van der Waals surface area contributed by atoms with Crippen LogP contribution in [0.5, 0.6) is 11.5 Å². The maximum absolute atomic E-state index is 13.3. The topological polar surface area (TPSA) is 118 Å². The summed E-state index contributed by atoms with van der Waals surface area (Å²) in [6.45, 7) is 0.143. The Hall–Kier alpha value is -4.52. The lowest BCUT2D eigenvalue weighted by molar-refractivity contribution is -0.137. The van der Waals surface area contributed by atoms with Crippen LogP contribution in [0.1, 0.15) is 27.9 Å². The van der Waals surface area contributed by atoms with Gasteiger partial charge in [0.05, 0.1) is 31.0 Å². The number of benzene rings is 3. The molecule has 0 saturated carbocycles. The standard InChI is InChI=1S/C29H26F3N3O6S/c1-40-22-11-6-17(14-23(22)41-2)12-13-35-25(36)16-24(26(37)33-20-9-7-18(8-10-20)27(38)39)42-28(35)34-21-5-3-4-19(15-21)29(30,31)32/h3-11,14-15,24H,12-13,16H2,1-2H3,(H,33,37)(H,38,39). The van der Waals surface area contributed by atoms with Gasteiger partial charge >= 0.3 is 12.1 Å². The number of alkyl halides is 3. The number of nitrogens with one attached hydrogen (secondary N) is 1. The van der Waals surface area contributed by atoms with Gasteiger partial charge in [-0.05, 0) is 66.6 Å². The van der Waals surface area contributed by atoms with Crippen molar-refractivity contribution in [3.05, 3.63) is 83.4 Å². The first-order valence-electron chi connectivity index (χ1n) is 12.6. The Balaban J connectivity index is 1.59. The van der Waals surface area contributed by atoms with Gasteiger partial charge < -0.3 is 19.9 Å². The summed E-state index contributed by atoms with van der Waals surface area (Å²) < 4.78 is 50.6. The molecule has 3 aromatic carbocycles. The van der Waals surface area contributed by atoms with Crippen LogP contribution in [-0.4, -0.2) is 59.0 Å². The lowest BCUT2D eigenvalue weighted by atomic mass is 10.1. The lowest BCUT2D eigenvalue weighted by Gasteiger charge is -2.32. The van der Waals surface area contributed by atoms with Crippen LogP contribution in [-0.2, 0) is 22.2 Å². The number of carboxylic acid groups (broad SMARTS) is 1. The number of rotatable bonds is 9. The highest BCUT2D eigenvalue weighted by atomic mass is 32.2. The van der Waals surface area contributed by atoms with Gasteiger partial charge in [0.1, 0.15) is 5.25 Å². The van der Waals surface area contributed by atoms with Crippen LogP contribution < -0.4 is 14.8 Å². The number of ether oxygens (including phenoxy) is 2. The van der Waals surface area contributed by atoms with E-state index < -0.39 is 34.8 Å². The minimum Gasteiger partial charge on any atom is -0.493 e. The van der Waals surface area contributed by atoms with Gasteiger partial charge in [0.25, 0.3) is 0 Å². The number of thioether (sulfide) groups is 1. The number of hydrogen-bond donors (Lipinski definition) is 2. The van der Waals surface area contributed by atoms with Crippen molar-refractivity contribution in [3.63, 3.8) is 0 Å². The van der Waals surface area contributed by atoms with E-state index in [2.05, 4.69) is 10.3 Å². The summed E-state index contributed by atoms with van der Waals surface area (Å²) in [7, 11) is 3.01. The molecule has 1 heterocycles. The van der Waals surface area contributed by atoms with Crippen molar-refractivity contribution in [1.29, 1.82) is 0 Å². The zero-order chi connectivity index (χ0) is 30.4. The van der Waals surface area contributed by atoms with Gasteiger partial charge in [0.2, 0.25) is 11.8 Å². The van der Waals surface area contributed by atoms with Crippen molar-refractivity contribution in [2.75, 3.05) is 26.1 Å². The van der Waals surface area contributed by atoms with E-state index >= 15 is 0 Å². The van der Waals surface area contributed by atoms with Gasteiger partial charge in [-0.3, -0.25) is 14.5 Å². The van der Waals surface area contributed by atoms with Gasteiger partial charge in [0.15, 0.2) is 16.7 Å². The summed E-state index contributed by atoms with van der Waals surface area (Å²) in [5, 5.41) is 10.9. The summed E-state index contributed by atoms with van der Waals surface area (Å²) >= 11 is 0.959. The molecular formula is C29H26F3N3O6S. The van der Waals surface area contributed by atoms with Crippen molar-refractivity contribution < 1.29 is 42.1 Å². The van der Waals surface area contributed by atoms with E-state index in [1.165, 1.54) is 55.5 Å². The van der Waals surface area contributed by atoms with Crippen molar-refractivity contribution >= 4 is 46.1 Å². The second-order valence-corrected chi connectivity index (χ2v) is 10.3. The Morgan fingerprint density at radius 3 is 2.40 bits per heavy atom. The Morgan fingerprint density at radius 1 is 1.05 bits per heavy atom. The molecule has 2 N–H and O–H groups in total. The number of carbonyl (C=O) groups is 3. The molecule has 3 aromatic rings. The summed E-state index contributed by atoms with van der Waals surface area (Å²) in [4.78, 5) is 43.2. The van der Waals surface area contributed by atoms with E-state index in [0.29, 0.717) is 23.6 Å². The van der Waals surface area contributed by atoms with Crippen LogP contribution in [0.15, 0.2) is 71.7 Å². The minimum absolute atomic E-state index is 0.0263. The van der Waals surface area contributed by atoms with E-state index in [9.17, 15) is 27.6 Å². The number of methoxy groups -OCH3 is 2. The minimum atomic E-state index is -4.59. The maximum Gasteiger partial charge on any atom is 0.416 e. The molecule has 1 unspecified atom stereocenters. The molecule has 2 amide bonds. The van der Waals surface area contributed by atoms with Gasteiger partial charge in [-0.2, -0.15) is 13.2 Å². The van der Waals surface area contributed by atoms with Crippen LogP contribution in [0.4, 0.5) is 24.5 Å². The van der Waals surface area contributed by atoms with Crippen molar-refractivity contribution in [1.82, 2.24) is 4.90 Å². The van der Waals surface area contributed by atoms with Crippen LogP contribution in [0.25, 0.3) is 0 Å². The quantitative estimate of drug-likeness (QED) is 0.327. The number of nitrogens with zero attached hydrogens (tertiary/aromatic N) is 2. The number of aliphatic imine (C=N–C) groups is 1. The van der Waals surface area contributed by atoms with E-state index in [-0.39, 0.29) is 29.4 Å². The average Bonchev–Trinajstić information content (AvgIpc) is 2.96. The second-order valence-electron chi connectivity index (χ2n) is 9.11. The third kappa shape index (κ3) is 7.40. The largest absolute Gasteiger partial charge is 0.493 e. The van der Waals surface area contributed by atoms with Gasteiger partial charge in [-0.15, -0.1) is 0 Å². The van der Waals surface area contributed by atoms with Crippen molar-refractivity contribution in [2.24, 2.45) is 4.99 Å². The summed E-state index contributed by atoms with van der Waals surface area (Å²) in [6, 6.07) is 15.2. The Labute approximate surface area is 243 Å². The molecule has 0 aliphatic carbocycles. The highest BCUT2D eigenvalue weighted by molar-refractivity contribution is 8.15. The first-order chi connectivity index (χ1) is 20.0. The molecule has 9 nitrogen and oxygen atoms in total. The number of anilines is 1. The van der Waals surface area contributed by atoms with Crippen LogP contribution >= 0.6 is 11.8 Å². The fourth-order valence-corrected chi connectivity index (χ4v) is 5.24. The molecule has 0 aromatic heterocycles. The van der Waals surface area contributed by atoms with Gasteiger partial charge in [0, 0.05) is 18.7 Å². The molecule has 220 valence electrons. The number of amides is 2. The number of carbonyl (C=O) groups excluding carboxylic acids is 2. The molecule has 1 atom stereocenters. The summed E-state index contributed by atoms with van der Waals surface area (Å²) in [5.41, 5.74) is 0.253. The Kier molecular flexibility index (Phi) is 9.41. The van der Waals surface area contributed by atoms with Crippen molar-refractivity contribution in [2.45, 2.75) is 24.3 Å². The number of carboxylic acids is 1. The molecule has 1 aliphatic heterocycles. The zero-order valence-electron chi connectivity index (χ0n) is 22.5. The summed E-state index contributed by atoms with van der Waals surface area (Å²) in [6.07, 6.45) is -4.41. The molecule has 0 spiro atoms. The van der Waals surface area contributed by atoms with Gasteiger partial charge in [-0.1, -0.05) is 23.9 Å². The van der Waals surface area contributed by atoms with Crippen LogP contribution in [0.2, 0.25) is 0 Å². The number of aromatic carboxylic acids is 1. The number of hydrogen-bond acceptors (Lipinski definition) is 7. The lowest BCUT2D eigenvalue weighted by Crippen LogP contribution is -2.46. The average molecular weight is 602 g/mol. The van der Waals surface area contributed by atoms with E-state index in [0.717, 1.165) is 29.5 Å². The molecule has 1 fully saturated rings. The smallest absolute Gasteiger partial charge is 0.416 e.